The monoisotopic (exact) mass is 912 g/mol. The Morgan fingerprint density at radius 3 is 1.54 bits per heavy atom. The Bertz CT molecular complexity index is 3370. The lowest BCUT2D eigenvalue weighted by atomic mass is 9.33. The van der Waals surface area contributed by atoms with Crippen LogP contribution in [0.5, 0.6) is 0 Å². The molecular formula is C66H66BN3. The molecule has 0 aromatic heterocycles. The van der Waals surface area contributed by atoms with Crippen LogP contribution in [0, 0.1) is 6.92 Å². The van der Waals surface area contributed by atoms with E-state index >= 15 is 0 Å². The maximum Gasteiger partial charge on any atom is 0.252 e. The molecule has 348 valence electrons. The Morgan fingerprint density at radius 1 is 0.429 bits per heavy atom. The van der Waals surface area contributed by atoms with Crippen LogP contribution < -0.4 is 31.1 Å². The van der Waals surface area contributed by atoms with Crippen LogP contribution in [0.15, 0.2) is 176 Å². The van der Waals surface area contributed by atoms with E-state index in [0.717, 1.165) is 12.8 Å². The fraction of sp³-hybridized carbons (Fsp3) is 0.273. The zero-order valence-corrected chi connectivity index (χ0v) is 43.1. The van der Waals surface area contributed by atoms with Crippen molar-refractivity contribution in [2.75, 3.05) is 14.7 Å². The highest BCUT2D eigenvalue weighted by Crippen LogP contribution is 2.63. The molecule has 1 aliphatic carbocycles. The fourth-order valence-corrected chi connectivity index (χ4v) is 13.1. The number of benzene rings is 8. The average Bonchev–Trinajstić information content (AvgIpc) is 3.56. The summed E-state index contributed by atoms with van der Waals surface area (Å²) in [5.74, 6) is 0. The van der Waals surface area contributed by atoms with Gasteiger partial charge in [0.25, 0.3) is 6.71 Å². The average molecular weight is 912 g/mol. The van der Waals surface area contributed by atoms with Crippen molar-refractivity contribution in [3.05, 3.63) is 220 Å². The van der Waals surface area contributed by atoms with Crippen LogP contribution in [0.25, 0.3) is 0 Å². The minimum Gasteiger partial charge on any atom is -0.334 e. The third-order valence-corrected chi connectivity index (χ3v) is 16.7. The van der Waals surface area contributed by atoms with Crippen molar-refractivity contribution in [3.63, 3.8) is 0 Å². The van der Waals surface area contributed by atoms with Crippen molar-refractivity contribution in [2.45, 2.75) is 116 Å². The van der Waals surface area contributed by atoms with Crippen molar-refractivity contribution in [1.82, 2.24) is 0 Å². The second-order valence-corrected chi connectivity index (χ2v) is 24.2. The van der Waals surface area contributed by atoms with Gasteiger partial charge in [-0.2, -0.15) is 0 Å². The smallest absolute Gasteiger partial charge is 0.252 e. The minimum absolute atomic E-state index is 0.00793. The van der Waals surface area contributed by atoms with E-state index in [1.807, 2.05) is 0 Å². The molecular weight excluding hydrogens is 846 g/mol. The Labute approximate surface area is 417 Å². The molecule has 0 saturated heterocycles. The lowest BCUT2D eigenvalue weighted by Gasteiger charge is -2.53. The molecule has 70 heavy (non-hydrogen) atoms. The summed E-state index contributed by atoms with van der Waals surface area (Å²) in [6.07, 6.45) is 1.86. The Kier molecular flexibility index (Phi) is 9.75. The molecule has 12 rings (SSSR count). The maximum atomic E-state index is 2.75. The van der Waals surface area contributed by atoms with Gasteiger partial charge in [0.05, 0.1) is 5.54 Å². The van der Waals surface area contributed by atoms with E-state index < -0.39 is 0 Å². The molecule has 2 unspecified atom stereocenters. The van der Waals surface area contributed by atoms with Gasteiger partial charge in [0.15, 0.2) is 0 Å². The molecule has 0 fully saturated rings. The molecule has 0 radical (unpaired) electrons. The predicted octanol–water partition coefficient (Wildman–Crippen LogP) is 15.0. The topological polar surface area (TPSA) is 9.72 Å². The number of para-hydroxylation sites is 1. The van der Waals surface area contributed by atoms with Gasteiger partial charge in [-0.15, -0.1) is 0 Å². The van der Waals surface area contributed by atoms with E-state index in [1.165, 1.54) is 106 Å². The first-order valence-corrected chi connectivity index (χ1v) is 25.6. The van der Waals surface area contributed by atoms with E-state index in [-0.39, 0.29) is 33.9 Å². The lowest BCUT2D eigenvalue weighted by molar-refractivity contribution is 0.281. The number of aryl methyl sites for hydroxylation is 1. The van der Waals surface area contributed by atoms with Gasteiger partial charge in [-0.05, 0) is 164 Å². The SMILES string of the molecule is Cc1cc2c3c(c1)N(c1ccc(C(C)(C)C)cc1)c1cc(N4c5ccccc5C5(c6ccccc6)Cc6ccccc6CC45C)ccc1B3c1cc(C(C)(C)C)ccc1N2c1ccc(C(C)(C)C)cc1. The lowest BCUT2D eigenvalue weighted by Crippen LogP contribution is -2.62. The normalized spacial score (nSPS) is 19.0. The Morgan fingerprint density at radius 2 is 0.943 bits per heavy atom. The molecule has 8 aromatic carbocycles. The first-order chi connectivity index (χ1) is 33.4. The second-order valence-electron chi connectivity index (χ2n) is 24.2. The third-order valence-electron chi connectivity index (χ3n) is 16.7. The van der Waals surface area contributed by atoms with Crippen LogP contribution in [0.1, 0.15) is 114 Å². The van der Waals surface area contributed by atoms with Crippen molar-refractivity contribution < 1.29 is 0 Å². The molecule has 4 aliphatic rings. The van der Waals surface area contributed by atoms with E-state index in [9.17, 15) is 0 Å². The van der Waals surface area contributed by atoms with Crippen LogP contribution in [0.3, 0.4) is 0 Å². The molecule has 8 aromatic rings. The van der Waals surface area contributed by atoms with E-state index in [4.69, 9.17) is 0 Å². The molecule has 0 saturated carbocycles. The van der Waals surface area contributed by atoms with Gasteiger partial charge in [-0.1, -0.05) is 178 Å². The summed E-state index contributed by atoms with van der Waals surface area (Å²) in [6, 6.07) is 68.5. The van der Waals surface area contributed by atoms with Crippen molar-refractivity contribution in [2.24, 2.45) is 0 Å². The van der Waals surface area contributed by atoms with Crippen molar-refractivity contribution in [1.29, 1.82) is 0 Å². The molecule has 0 bridgehead atoms. The molecule has 4 heteroatoms. The zero-order valence-electron chi connectivity index (χ0n) is 43.1. The van der Waals surface area contributed by atoms with Crippen LogP contribution in [-0.2, 0) is 34.5 Å². The van der Waals surface area contributed by atoms with E-state index in [2.05, 4.69) is 267 Å². The highest BCUT2D eigenvalue weighted by molar-refractivity contribution is 7.00. The second kappa shape index (κ2) is 15.4. The van der Waals surface area contributed by atoms with Gasteiger partial charge in [-0.3, -0.25) is 0 Å². The highest BCUT2D eigenvalue weighted by Gasteiger charge is 2.62. The number of rotatable bonds is 4. The molecule has 0 amide bonds. The summed E-state index contributed by atoms with van der Waals surface area (Å²) in [7, 11) is 0. The van der Waals surface area contributed by atoms with Gasteiger partial charge in [-0.25, -0.2) is 0 Å². The number of nitrogens with zero attached hydrogens (tertiary/aromatic N) is 3. The molecule has 2 atom stereocenters. The Balaban J connectivity index is 1.13. The van der Waals surface area contributed by atoms with Crippen LogP contribution in [-0.4, -0.2) is 12.3 Å². The predicted molar refractivity (Wildman–Crippen MR) is 299 cm³/mol. The Hall–Kier alpha value is -6.78. The highest BCUT2D eigenvalue weighted by atomic mass is 15.3. The number of anilines is 8. The summed E-state index contributed by atoms with van der Waals surface area (Å²) in [5.41, 5.74) is 24.3. The quantitative estimate of drug-likeness (QED) is 0.163. The standard InChI is InChI=1S/C66H66BN3/c1-43-37-59-61-60(38-43)69(51-32-27-47(28-33-51)63(5,6)7)58-40-52(70-56-24-18-17-23-53(56)66(48-21-13-12-14-22-48)42-45-20-16-15-19-44(45)41-65(66,70)11)34-35-54(58)67(61)55-39-49(64(8,9)10)29-36-57(55)68(59)50-30-25-46(26-31-50)62(2,3)4/h12-40H,41-42H2,1-11H3. The largest absolute Gasteiger partial charge is 0.334 e. The summed E-state index contributed by atoms with van der Waals surface area (Å²) < 4.78 is 0. The summed E-state index contributed by atoms with van der Waals surface area (Å²) in [5, 5.41) is 0. The zero-order chi connectivity index (χ0) is 48.7. The number of hydrogen-bond donors (Lipinski definition) is 0. The molecule has 3 heterocycles. The van der Waals surface area contributed by atoms with E-state index in [1.54, 1.807) is 0 Å². The minimum atomic E-state index is -0.321. The van der Waals surface area contributed by atoms with Crippen LogP contribution in [0.4, 0.5) is 45.5 Å². The van der Waals surface area contributed by atoms with Crippen molar-refractivity contribution in [3.8, 4) is 0 Å². The fourth-order valence-electron chi connectivity index (χ4n) is 13.1. The van der Waals surface area contributed by atoms with Crippen LogP contribution >= 0.6 is 0 Å². The molecule has 0 N–H and O–H groups in total. The van der Waals surface area contributed by atoms with Gasteiger partial charge in [0.1, 0.15) is 0 Å². The molecule has 3 aliphatic heterocycles. The third kappa shape index (κ3) is 6.54. The van der Waals surface area contributed by atoms with Gasteiger partial charge in [0.2, 0.25) is 0 Å². The first-order valence-electron chi connectivity index (χ1n) is 25.6. The maximum absolute atomic E-state index is 2.75. The summed E-state index contributed by atoms with van der Waals surface area (Å²) in [6.45, 7) is 25.7. The summed E-state index contributed by atoms with van der Waals surface area (Å²) >= 11 is 0. The van der Waals surface area contributed by atoms with E-state index in [0.29, 0.717) is 0 Å². The van der Waals surface area contributed by atoms with Crippen LogP contribution in [0.2, 0.25) is 0 Å². The van der Waals surface area contributed by atoms with Gasteiger partial charge in [0, 0.05) is 50.9 Å². The molecule has 0 spiro atoms. The number of fused-ring (bicyclic) bond motifs is 8. The first kappa shape index (κ1) is 44.4. The number of hydrogen-bond acceptors (Lipinski definition) is 3. The summed E-state index contributed by atoms with van der Waals surface area (Å²) in [4.78, 5) is 7.92. The molecule has 3 nitrogen and oxygen atoms in total. The van der Waals surface area contributed by atoms with Crippen molar-refractivity contribution >= 4 is 68.6 Å². The van der Waals surface area contributed by atoms with Gasteiger partial charge < -0.3 is 14.7 Å². The van der Waals surface area contributed by atoms with Gasteiger partial charge >= 0.3 is 0 Å².